The second-order valence-electron chi connectivity index (χ2n) is 12.6. The fourth-order valence-corrected chi connectivity index (χ4v) is 95.9. The quantitative estimate of drug-likeness (QED) is 0.569. The Labute approximate surface area is 135 Å². The molecule has 10 aliphatic rings. The van der Waals surface area contributed by atoms with E-state index in [4.69, 9.17) is 4.74 Å². The van der Waals surface area contributed by atoms with Crippen molar-refractivity contribution in [2.45, 2.75) is 61.0 Å². The van der Waals surface area contributed by atoms with Gasteiger partial charge in [0.15, 0.2) is 0 Å². The van der Waals surface area contributed by atoms with Crippen LogP contribution in [0.4, 0.5) is 0 Å². The maximum atomic E-state index is 13.0. The van der Waals surface area contributed by atoms with Crippen molar-refractivity contribution < 1.29 is 20.8 Å². The number of esters is 1. The molecule has 0 aromatic heterocycles. The molecule has 0 N–H and O–H groups in total. The van der Waals surface area contributed by atoms with E-state index in [9.17, 15) is 9.59 Å². The van der Waals surface area contributed by atoms with Crippen molar-refractivity contribution in [3.8, 4) is 0 Å². The van der Waals surface area contributed by atoms with Gasteiger partial charge in [0.05, 0.1) is 0 Å². The minimum atomic E-state index is -3.67. The van der Waals surface area contributed by atoms with Crippen molar-refractivity contribution in [1.29, 1.82) is 0 Å². The zero-order chi connectivity index (χ0) is 16.5. The molecule has 0 aliphatic carbocycles. The van der Waals surface area contributed by atoms with Gasteiger partial charge in [-0.1, -0.05) is 0 Å². The number of hydrogen-bond donors (Lipinski definition) is 0. The second kappa shape index (κ2) is 1.14. The summed E-state index contributed by atoms with van der Waals surface area (Å²) >= 11 is 0. The molecule has 8 unspecified atom stereocenters. The van der Waals surface area contributed by atoms with Crippen LogP contribution in [0.3, 0.4) is 0 Å². The van der Waals surface area contributed by atoms with Gasteiger partial charge < -0.3 is 0 Å². The summed E-state index contributed by atoms with van der Waals surface area (Å²) in [6.45, 7) is 0.559. The van der Waals surface area contributed by atoms with E-state index in [1.807, 2.05) is 26.0 Å². The Morgan fingerprint density at radius 3 is 1.96 bits per heavy atom. The van der Waals surface area contributed by atoms with Gasteiger partial charge in [0.1, 0.15) is 0 Å². The molecule has 0 saturated carbocycles. The Morgan fingerprint density at radius 1 is 1.00 bits per heavy atom. The number of ketones is 1. The average Bonchev–Trinajstić information content (AvgIpc) is 3.54. The molecule has 10 aliphatic heterocycles. The van der Waals surface area contributed by atoms with Gasteiger partial charge in [0, 0.05) is 0 Å². The Bertz CT molecular complexity index is 1450. The molecule has 3 nitrogen and oxygen atoms in total. The van der Waals surface area contributed by atoms with Crippen LogP contribution < -0.4 is 0 Å². The van der Waals surface area contributed by atoms with E-state index in [1.54, 1.807) is 5.56 Å². The third-order valence-corrected chi connectivity index (χ3v) is 60.0. The molecule has 0 radical (unpaired) electrons. The standard InChI is InChI=1S/C14H13O2.C7H7O.Fe/c1-2-16-14(15)13-9-7-12(8-10-13)11-5-3-4-6-11;1-6(8)7-4-2-3-5-7;/h3-10H,2H2,1H3;2-5H,1H3;. The van der Waals surface area contributed by atoms with Crippen LogP contribution in [0.25, 0.3) is 0 Å². The van der Waals surface area contributed by atoms with Gasteiger partial charge in [-0.3, -0.25) is 0 Å². The van der Waals surface area contributed by atoms with Crippen LogP contribution in [0.5, 0.6) is 0 Å². The summed E-state index contributed by atoms with van der Waals surface area (Å²) in [6, 6.07) is 8.53. The van der Waals surface area contributed by atoms with Crippen LogP contribution in [0, 0.1) is 0 Å². The molecule has 0 amide bonds. The molecule has 0 bridgehead atoms. The molecular weight excluding hydrogens is 356 g/mol. The number of fused-ring (bicyclic) bond motifs is 10. The molecule has 8 atom stereocenters. The summed E-state index contributed by atoms with van der Waals surface area (Å²) in [5.41, 5.74) is 2.23. The van der Waals surface area contributed by atoms with Crippen molar-refractivity contribution in [1.82, 2.24) is 0 Å². The summed E-state index contributed by atoms with van der Waals surface area (Å²) in [6.07, 6.45) is 0. The van der Waals surface area contributed by atoms with E-state index in [2.05, 4.69) is 12.1 Å². The van der Waals surface area contributed by atoms with Crippen LogP contribution in [-0.4, -0.2) is 18.4 Å². The molecule has 10 heterocycles. The van der Waals surface area contributed by atoms with Gasteiger partial charge in [-0.05, 0) is 0 Å². The topological polar surface area (TPSA) is 43.4 Å². The fourth-order valence-electron chi connectivity index (χ4n) is 19.4. The molecule has 130 valence electrons. The number of rotatable bonds is 4. The number of Topliss-reactive ketones (excluding diaryl/α,β-unsaturated/α-hetero) is 1. The molecule has 25 heavy (non-hydrogen) atoms. The van der Waals surface area contributed by atoms with Crippen LogP contribution >= 0.6 is 0 Å². The Morgan fingerprint density at radius 2 is 1.56 bits per heavy atom. The normalized spacial score (nSPS) is 87.3. The molecule has 1 spiro atoms. The SMILES string of the molecule is CCOC(=O)c1ccc([C]23[CH]4[CH]5[CH]6[CH]2[Fe]56432789[CH]3[CH]2[CH]7[C]8(C(C)=O)[CH]39)cc1. The number of benzene rings is 1. The molecule has 11 rings (SSSR count). The zero-order valence-corrected chi connectivity index (χ0v) is 15.3. The van der Waals surface area contributed by atoms with Crippen LogP contribution in [0.15, 0.2) is 24.3 Å². The summed E-state index contributed by atoms with van der Waals surface area (Å²) in [7, 11) is 0. The first-order valence-corrected chi connectivity index (χ1v) is 16.0. The molecular formula is C21H20FeO3. The molecule has 1 aromatic carbocycles. The predicted octanol–water partition coefficient (Wildman–Crippen LogP) is 4.62. The van der Waals surface area contributed by atoms with Gasteiger partial charge >= 0.3 is 136 Å². The van der Waals surface area contributed by atoms with E-state index in [0.717, 1.165) is 38.5 Å². The van der Waals surface area contributed by atoms with E-state index < -0.39 is 6.51 Å². The van der Waals surface area contributed by atoms with Crippen molar-refractivity contribution in [3.63, 3.8) is 0 Å². The Kier molecular flexibility index (Phi) is 0.498. The summed E-state index contributed by atoms with van der Waals surface area (Å²) in [5, 5.41) is 0. The van der Waals surface area contributed by atoms with E-state index >= 15 is 0 Å². The third kappa shape index (κ3) is 0.155. The van der Waals surface area contributed by atoms with Crippen molar-refractivity contribution in [2.24, 2.45) is 0 Å². The second-order valence-corrected chi connectivity index (χ2v) is 35.8. The number of carbonyl (C=O) groups excluding carboxylic acids is 2. The van der Waals surface area contributed by atoms with Gasteiger partial charge in [-0.2, -0.15) is 0 Å². The summed E-state index contributed by atoms with van der Waals surface area (Å²) < 4.78 is 6.00. The number of carbonyl (C=O) groups is 2. The van der Waals surface area contributed by atoms with Gasteiger partial charge in [0.2, 0.25) is 0 Å². The zero-order valence-electron chi connectivity index (χ0n) is 14.2. The maximum absolute atomic E-state index is 13.0. The van der Waals surface area contributed by atoms with Crippen molar-refractivity contribution >= 4 is 11.8 Å². The Hall–Kier alpha value is -1.12. The molecule has 1 aromatic rings. The van der Waals surface area contributed by atoms with Crippen LogP contribution in [0.2, 0.25) is 42.8 Å². The molecule has 4 heteroatoms. The van der Waals surface area contributed by atoms with E-state index in [1.165, 1.54) is 0 Å². The molecule has 10 saturated heterocycles. The fraction of sp³-hybridized carbons (Fsp3) is 0.619. The van der Waals surface area contributed by atoms with Crippen LogP contribution in [-0.2, 0) is 20.4 Å². The Balaban J connectivity index is 1.23. The monoisotopic (exact) mass is 376 g/mol. The van der Waals surface area contributed by atoms with Gasteiger partial charge in [0.25, 0.3) is 0 Å². The van der Waals surface area contributed by atoms with Gasteiger partial charge in [-0.15, -0.1) is 0 Å². The predicted molar refractivity (Wildman–Crippen MR) is 87.5 cm³/mol. The van der Waals surface area contributed by atoms with Crippen molar-refractivity contribution in [2.75, 3.05) is 6.61 Å². The number of hydrogen-bond acceptors (Lipinski definition) is 3. The first-order valence-electron chi connectivity index (χ1n) is 9.82. The van der Waals surface area contributed by atoms with E-state index in [0.29, 0.717) is 26.6 Å². The summed E-state index contributed by atoms with van der Waals surface area (Å²) in [5.74, 6) is 0.418. The minimum absolute atomic E-state index is 0.209. The number of ether oxygens (including phenoxy) is 1. The first kappa shape index (κ1) is 10.9. The van der Waals surface area contributed by atoms with Gasteiger partial charge in [-0.25, -0.2) is 0 Å². The first-order chi connectivity index (χ1) is 11.8. The van der Waals surface area contributed by atoms with Crippen molar-refractivity contribution in [3.05, 3.63) is 35.4 Å². The average molecular weight is 376 g/mol. The molecule has 10 fully saturated rings. The van der Waals surface area contributed by atoms with Crippen LogP contribution in [0.1, 0.15) is 29.8 Å². The third-order valence-electron chi connectivity index (χ3n) is 17.2. The summed E-state index contributed by atoms with van der Waals surface area (Å²) in [4.78, 5) is 33.4. The van der Waals surface area contributed by atoms with E-state index in [-0.39, 0.29) is 5.97 Å².